The molecule has 8 heteroatoms. The maximum absolute atomic E-state index is 9.39. The van der Waals surface area contributed by atoms with Gasteiger partial charge >= 0.3 is 0 Å². The fraction of sp³-hybridized carbons (Fsp3) is 0.909. The van der Waals surface area contributed by atoms with Crippen LogP contribution in [0.25, 0.3) is 0 Å². The van der Waals surface area contributed by atoms with Crippen LogP contribution in [0, 0.1) is 11.8 Å². The minimum Gasteiger partial charge on any atom is -0.394 e. The molecule has 0 amide bonds. The van der Waals surface area contributed by atoms with Gasteiger partial charge in [0.05, 0.1) is 24.9 Å². The molecule has 4 heterocycles. The molecule has 8 nitrogen and oxygen atoms in total. The monoisotopic (exact) mass is 430 g/mol. The van der Waals surface area contributed by atoms with Gasteiger partial charge in [0.2, 0.25) is 0 Å². The van der Waals surface area contributed by atoms with Gasteiger partial charge in [0.1, 0.15) is 12.2 Å². The first-order chi connectivity index (χ1) is 14.0. The lowest BCUT2D eigenvalue weighted by atomic mass is 9.96. The number of rotatable bonds is 5. The molecule has 0 radical (unpaired) electrons. The Morgan fingerprint density at radius 1 is 0.867 bits per heavy atom. The molecule has 9 atom stereocenters. The summed E-state index contributed by atoms with van der Waals surface area (Å²) in [5.41, 5.74) is 0. The van der Waals surface area contributed by atoms with Gasteiger partial charge in [0.15, 0.2) is 24.2 Å². The topological polar surface area (TPSA) is 95.8 Å². The fourth-order valence-electron chi connectivity index (χ4n) is 4.50. The Morgan fingerprint density at radius 3 is 1.77 bits per heavy atom. The Morgan fingerprint density at radius 2 is 1.33 bits per heavy atom. The molecule has 0 spiro atoms. The van der Waals surface area contributed by atoms with Crippen molar-refractivity contribution < 1.29 is 38.6 Å². The van der Waals surface area contributed by atoms with Crippen LogP contribution in [0.1, 0.15) is 54.4 Å². The maximum atomic E-state index is 9.39. The van der Waals surface area contributed by atoms with E-state index in [0.29, 0.717) is 12.3 Å². The highest BCUT2D eigenvalue weighted by atomic mass is 16.8. The van der Waals surface area contributed by atoms with Crippen molar-refractivity contribution in [2.24, 2.45) is 11.8 Å². The molecule has 4 unspecified atom stereocenters. The molecule has 0 aromatic rings. The Bertz CT molecular complexity index is 594. The van der Waals surface area contributed by atoms with E-state index in [2.05, 4.69) is 13.5 Å². The van der Waals surface area contributed by atoms with Gasteiger partial charge in [-0.25, -0.2) is 0 Å². The smallest absolute Gasteiger partial charge is 0.187 e. The van der Waals surface area contributed by atoms with E-state index < -0.39 is 17.7 Å². The molecule has 4 saturated heterocycles. The third-order valence-corrected chi connectivity index (χ3v) is 6.12. The van der Waals surface area contributed by atoms with Crippen molar-refractivity contribution >= 4 is 0 Å². The molecule has 30 heavy (non-hydrogen) atoms. The van der Waals surface area contributed by atoms with E-state index in [9.17, 15) is 5.11 Å². The summed E-state index contributed by atoms with van der Waals surface area (Å²) in [7, 11) is 0. The molecule has 2 N–H and O–H groups in total. The predicted molar refractivity (Wildman–Crippen MR) is 108 cm³/mol. The van der Waals surface area contributed by atoms with Gasteiger partial charge in [0, 0.05) is 18.3 Å². The third kappa shape index (κ3) is 5.24. The Kier molecular flexibility index (Phi) is 7.31. The Balaban J connectivity index is 0.000000172. The maximum Gasteiger partial charge on any atom is 0.187 e. The predicted octanol–water partition coefficient (Wildman–Crippen LogP) is 2.32. The van der Waals surface area contributed by atoms with Crippen LogP contribution in [0.5, 0.6) is 0 Å². The highest BCUT2D eigenvalue weighted by molar-refractivity contribution is 4.93. The van der Waals surface area contributed by atoms with Gasteiger partial charge in [-0.1, -0.05) is 19.9 Å². The second-order valence-corrected chi connectivity index (χ2v) is 9.60. The number of aliphatic hydroxyl groups is 2. The number of fused-ring (bicyclic) bond motifs is 2. The molecule has 4 fully saturated rings. The summed E-state index contributed by atoms with van der Waals surface area (Å²) in [6.07, 6.45) is 1.96. The SMILES string of the molecule is C=CCC1O[C@@H]2OC(C)(C)OC2[C@H]1C.C[C@@H]1C2OC(C)(C)O[C@H]2O[C@@H]1CC(O)CO. The van der Waals surface area contributed by atoms with E-state index in [4.69, 9.17) is 33.5 Å². The summed E-state index contributed by atoms with van der Waals surface area (Å²) in [5, 5.41) is 18.2. The zero-order chi connectivity index (χ0) is 22.3. The van der Waals surface area contributed by atoms with E-state index in [-0.39, 0.29) is 49.5 Å². The highest BCUT2D eigenvalue weighted by Crippen LogP contribution is 2.42. The van der Waals surface area contributed by atoms with E-state index in [1.807, 2.05) is 40.7 Å². The van der Waals surface area contributed by atoms with Crippen LogP contribution in [-0.4, -0.2) is 71.5 Å². The average molecular weight is 431 g/mol. The summed E-state index contributed by atoms with van der Waals surface area (Å²) >= 11 is 0. The number of ether oxygens (including phenoxy) is 6. The van der Waals surface area contributed by atoms with Gasteiger partial charge in [-0.05, 0) is 34.1 Å². The van der Waals surface area contributed by atoms with Crippen molar-refractivity contribution in [3.8, 4) is 0 Å². The molecular weight excluding hydrogens is 392 g/mol. The van der Waals surface area contributed by atoms with Gasteiger partial charge in [0.25, 0.3) is 0 Å². The standard InChI is InChI=1S/C11H20O5.C11H18O3/c1-6-8(4-7(13)5-12)14-10-9(6)15-11(2,3)16-10;1-5-6-8-7(2)9-10(12-8)14-11(3,4)13-9/h6-10,12-13H,4-5H2,1-3H3;5,7-10H,1,6H2,2-4H3/t6-,7?,8+,9?,10+;7-,8?,9?,10+/m00/s1. The number of aliphatic hydroxyl groups excluding tert-OH is 2. The van der Waals surface area contributed by atoms with Gasteiger partial charge in [-0.15, -0.1) is 6.58 Å². The Labute approximate surface area is 179 Å². The highest BCUT2D eigenvalue weighted by Gasteiger charge is 2.53. The van der Waals surface area contributed by atoms with E-state index >= 15 is 0 Å². The van der Waals surface area contributed by atoms with Crippen LogP contribution >= 0.6 is 0 Å². The van der Waals surface area contributed by atoms with Gasteiger partial charge < -0.3 is 38.6 Å². The minimum atomic E-state index is -0.737. The van der Waals surface area contributed by atoms with E-state index in [1.54, 1.807) is 0 Å². The van der Waals surface area contributed by atoms with Crippen LogP contribution in [0.15, 0.2) is 12.7 Å². The number of hydrogen-bond acceptors (Lipinski definition) is 8. The average Bonchev–Trinajstić information content (AvgIpc) is 3.29. The summed E-state index contributed by atoms with van der Waals surface area (Å²) in [6.45, 7) is 15.2. The van der Waals surface area contributed by atoms with Crippen LogP contribution < -0.4 is 0 Å². The van der Waals surface area contributed by atoms with Crippen molar-refractivity contribution in [2.45, 2.75) is 109 Å². The Hall–Kier alpha value is -0.580. The van der Waals surface area contributed by atoms with Gasteiger partial charge in [-0.3, -0.25) is 0 Å². The van der Waals surface area contributed by atoms with Crippen LogP contribution in [0.4, 0.5) is 0 Å². The third-order valence-electron chi connectivity index (χ3n) is 6.12. The van der Waals surface area contributed by atoms with Crippen LogP contribution in [0.3, 0.4) is 0 Å². The summed E-state index contributed by atoms with van der Waals surface area (Å²) in [5.74, 6) is -0.555. The molecule has 4 aliphatic rings. The molecule has 0 saturated carbocycles. The van der Waals surface area contributed by atoms with Crippen molar-refractivity contribution in [3.05, 3.63) is 12.7 Å². The lowest BCUT2D eigenvalue weighted by Crippen LogP contribution is -2.31. The lowest BCUT2D eigenvalue weighted by molar-refractivity contribution is -0.212. The zero-order valence-electron chi connectivity index (χ0n) is 18.9. The molecule has 0 aromatic carbocycles. The second kappa shape index (κ2) is 9.11. The molecule has 0 aromatic heterocycles. The quantitative estimate of drug-likeness (QED) is 0.642. The fourth-order valence-corrected chi connectivity index (χ4v) is 4.50. The zero-order valence-corrected chi connectivity index (χ0v) is 18.9. The first kappa shape index (κ1) is 24.1. The van der Waals surface area contributed by atoms with Crippen molar-refractivity contribution in [1.82, 2.24) is 0 Å². The first-order valence-corrected chi connectivity index (χ1v) is 10.9. The molecule has 0 bridgehead atoms. The summed E-state index contributed by atoms with van der Waals surface area (Å²) in [6, 6.07) is 0. The molecular formula is C22H38O8. The second-order valence-electron chi connectivity index (χ2n) is 9.60. The first-order valence-electron chi connectivity index (χ1n) is 10.9. The summed E-state index contributed by atoms with van der Waals surface area (Å²) in [4.78, 5) is 0. The van der Waals surface area contributed by atoms with Gasteiger partial charge in [-0.2, -0.15) is 0 Å². The van der Waals surface area contributed by atoms with Crippen molar-refractivity contribution in [3.63, 3.8) is 0 Å². The summed E-state index contributed by atoms with van der Waals surface area (Å²) < 4.78 is 34.2. The minimum absolute atomic E-state index is 0.0779. The largest absolute Gasteiger partial charge is 0.394 e. The van der Waals surface area contributed by atoms with Crippen molar-refractivity contribution in [2.75, 3.05) is 6.61 Å². The van der Waals surface area contributed by atoms with Crippen LogP contribution in [-0.2, 0) is 28.4 Å². The normalized spacial score (nSPS) is 44.1. The number of hydrogen-bond donors (Lipinski definition) is 2. The molecule has 4 aliphatic heterocycles. The molecule has 4 rings (SSSR count). The van der Waals surface area contributed by atoms with E-state index in [0.717, 1.165) is 6.42 Å². The van der Waals surface area contributed by atoms with E-state index in [1.165, 1.54) is 0 Å². The lowest BCUT2D eigenvalue weighted by Gasteiger charge is -2.24. The van der Waals surface area contributed by atoms with Crippen molar-refractivity contribution in [1.29, 1.82) is 0 Å². The molecule has 0 aliphatic carbocycles. The molecule has 174 valence electrons. The van der Waals surface area contributed by atoms with Crippen LogP contribution in [0.2, 0.25) is 0 Å².